The van der Waals surface area contributed by atoms with Crippen LogP contribution in [0, 0.1) is 0 Å². The molecule has 2 aliphatic heterocycles. The predicted molar refractivity (Wildman–Crippen MR) is 110 cm³/mol. The number of piperidine rings is 2. The Balaban J connectivity index is 1.44. The largest absolute Gasteiger partial charge is 0.371 e. The Labute approximate surface area is 159 Å². The summed E-state index contributed by atoms with van der Waals surface area (Å²) in [5.74, 6) is 1.34. The Kier molecular flexibility index (Phi) is 5.42. The fourth-order valence-electron chi connectivity index (χ4n) is 4.31. The first-order chi connectivity index (χ1) is 12.3. The van der Waals surface area contributed by atoms with Gasteiger partial charge < -0.3 is 10.2 Å². The molecule has 2 aliphatic rings. The van der Waals surface area contributed by atoms with Crippen LogP contribution in [0.4, 0.5) is 5.69 Å². The summed E-state index contributed by atoms with van der Waals surface area (Å²) in [6.45, 7) is 4.62. The monoisotopic (exact) mass is 398 g/mol. The van der Waals surface area contributed by atoms with Gasteiger partial charge in [-0.25, -0.2) is 0 Å². The van der Waals surface area contributed by atoms with Crippen LogP contribution in [0.5, 0.6) is 0 Å². The van der Waals surface area contributed by atoms with E-state index in [1.807, 2.05) is 0 Å². The fraction of sp³-hybridized carbons (Fsp3) is 0.455. The molecule has 0 aromatic heterocycles. The van der Waals surface area contributed by atoms with E-state index in [1.54, 1.807) is 0 Å². The maximum absolute atomic E-state index is 3.54. The molecular weight excluding hydrogens is 372 g/mol. The van der Waals surface area contributed by atoms with E-state index >= 15 is 0 Å². The number of hydrogen-bond donors (Lipinski definition) is 1. The number of hydrogen-bond acceptors (Lipinski definition) is 2. The average Bonchev–Trinajstić information content (AvgIpc) is 2.69. The van der Waals surface area contributed by atoms with Crippen LogP contribution in [0.2, 0.25) is 0 Å². The first kappa shape index (κ1) is 17.1. The van der Waals surface area contributed by atoms with Crippen LogP contribution in [-0.4, -0.2) is 26.2 Å². The Morgan fingerprint density at radius 1 is 0.840 bits per heavy atom. The molecule has 25 heavy (non-hydrogen) atoms. The van der Waals surface area contributed by atoms with Crippen molar-refractivity contribution in [2.75, 3.05) is 31.1 Å². The number of anilines is 1. The topological polar surface area (TPSA) is 15.3 Å². The molecule has 2 unspecified atom stereocenters. The Bertz CT molecular complexity index is 674. The Morgan fingerprint density at radius 3 is 2.24 bits per heavy atom. The van der Waals surface area contributed by atoms with E-state index in [1.165, 1.54) is 55.6 Å². The van der Waals surface area contributed by atoms with E-state index in [0.717, 1.165) is 17.6 Å². The molecule has 2 atom stereocenters. The second kappa shape index (κ2) is 7.92. The van der Waals surface area contributed by atoms with Crippen molar-refractivity contribution >= 4 is 21.6 Å². The molecule has 2 fully saturated rings. The zero-order valence-corrected chi connectivity index (χ0v) is 16.3. The van der Waals surface area contributed by atoms with Crippen LogP contribution >= 0.6 is 15.9 Å². The summed E-state index contributed by atoms with van der Waals surface area (Å²) in [5.41, 5.74) is 4.35. The standard InChI is InChI=1S/C22H27BrN2/c23-21-9-5-18(6-10-21)20-4-2-14-25(16-20)22-11-7-17(8-12-22)19-3-1-13-24-15-19/h5-12,19-20,24H,1-4,13-16H2. The highest BCUT2D eigenvalue weighted by molar-refractivity contribution is 9.10. The quantitative estimate of drug-likeness (QED) is 0.754. The molecule has 2 saturated heterocycles. The van der Waals surface area contributed by atoms with E-state index < -0.39 is 0 Å². The third-order valence-corrected chi connectivity index (χ3v) is 6.32. The number of nitrogens with one attached hydrogen (secondary N) is 1. The molecule has 0 aliphatic carbocycles. The summed E-state index contributed by atoms with van der Waals surface area (Å²) < 4.78 is 1.16. The summed E-state index contributed by atoms with van der Waals surface area (Å²) in [6, 6.07) is 18.3. The molecule has 0 spiro atoms. The van der Waals surface area contributed by atoms with Crippen molar-refractivity contribution in [3.63, 3.8) is 0 Å². The second-order valence-electron chi connectivity index (χ2n) is 7.47. The van der Waals surface area contributed by atoms with Crippen molar-refractivity contribution in [2.24, 2.45) is 0 Å². The van der Waals surface area contributed by atoms with Gasteiger partial charge in [0.1, 0.15) is 0 Å². The number of halogens is 1. The van der Waals surface area contributed by atoms with Crippen LogP contribution < -0.4 is 10.2 Å². The molecule has 1 N–H and O–H groups in total. The fourth-order valence-corrected chi connectivity index (χ4v) is 4.58. The SMILES string of the molecule is Brc1ccc(C2CCCN(c3ccc(C4CCCNC4)cc3)C2)cc1. The lowest BCUT2D eigenvalue weighted by molar-refractivity contribution is 0.461. The van der Waals surface area contributed by atoms with Crippen molar-refractivity contribution in [1.29, 1.82) is 0 Å². The highest BCUT2D eigenvalue weighted by atomic mass is 79.9. The van der Waals surface area contributed by atoms with Crippen molar-refractivity contribution in [2.45, 2.75) is 37.5 Å². The van der Waals surface area contributed by atoms with Crippen LogP contribution in [-0.2, 0) is 0 Å². The predicted octanol–water partition coefficient (Wildman–Crippen LogP) is 5.30. The van der Waals surface area contributed by atoms with E-state index in [0.29, 0.717) is 11.8 Å². The lowest BCUT2D eigenvalue weighted by atomic mass is 9.89. The van der Waals surface area contributed by atoms with Gasteiger partial charge in [0.15, 0.2) is 0 Å². The summed E-state index contributed by atoms with van der Waals surface area (Å²) in [6.07, 6.45) is 5.19. The van der Waals surface area contributed by atoms with Gasteiger partial charge >= 0.3 is 0 Å². The van der Waals surface area contributed by atoms with Crippen LogP contribution in [0.25, 0.3) is 0 Å². The highest BCUT2D eigenvalue weighted by Gasteiger charge is 2.22. The maximum Gasteiger partial charge on any atom is 0.0366 e. The minimum absolute atomic E-state index is 0.643. The summed E-state index contributed by atoms with van der Waals surface area (Å²) >= 11 is 3.54. The van der Waals surface area contributed by atoms with Crippen molar-refractivity contribution in [3.8, 4) is 0 Å². The van der Waals surface area contributed by atoms with Crippen LogP contribution in [0.15, 0.2) is 53.0 Å². The van der Waals surface area contributed by atoms with E-state index in [9.17, 15) is 0 Å². The number of rotatable bonds is 3. The summed E-state index contributed by atoms with van der Waals surface area (Å²) in [7, 11) is 0. The first-order valence-corrected chi connectivity index (χ1v) is 10.4. The smallest absolute Gasteiger partial charge is 0.0366 e. The van der Waals surface area contributed by atoms with Gasteiger partial charge in [0.05, 0.1) is 0 Å². The lowest BCUT2D eigenvalue weighted by Crippen LogP contribution is -2.34. The summed E-state index contributed by atoms with van der Waals surface area (Å²) in [4.78, 5) is 2.57. The van der Waals surface area contributed by atoms with Gasteiger partial charge in [-0.15, -0.1) is 0 Å². The Hall–Kier alpha value is -1.32. The van der Waals surface area contributed by atoms with E-state index in [-0.39, 0.29) is 0 Å². The van der Waals surface area contributed by atoms with E-state index in [2.05, 4.69) is 74.7 Å². The molecule has 2 nitrogen and oxygen atoms in total. The normalized spacial score (nSPS) is 24.3. The minimum Gasteiger partial charge on any atom is -0.371 e. The lowest BCUT2D eigenvalue weighted by Gasteiger charge is -2.35. The highest BCUT2D eigenvalue weighted by Crippen LogP contribution is 2.32. The first-order valence-electron chi connectivity index (χ1n) is 9.61. The molecule has 0 radical (unpaired) electrons. The van der Waals surface area contributed by atoms with Gasteiger partial charge in [-0.05, 0) is 73.5 Å². The molecule has 4 rings (SSSR count). The van der Waals surface area contributed by atoms with Gasteiger partial charge in [-0.1, -0.05) is 40.2 Å². The second-order valence-corrected chi connectivity index (χ2v) is 8.39. The molecule has 2 aromatic rings. The van der Waals surface area contributed by atoms with Gasteiger partial charge in [-0.2, -0.15) is 0 Å². The third kappa shape index (κ3) is 4.09. The minimum atomic E-state index is 0.643. The maximum atomic E-state index is 3.54. The van der Waals surface area contributed by atoms with Crippen LogP contribution in [0.1, 0.15) is 48.6 Å². The molecule has 132 valence electrons. The average molecular weight is 399 g/mol. The molecule has 0 amide bonds. The van der Waals surface area contributed by atoms with Gasteiger partial charge in [-0.3, -0.25) is 0 Å². The molecule has 2 aromatic carbocycles. The van der Waals surface area contributed by atoms with Gasteiger partial charge in [0.2, 0.25) is 0 Å². The van der Waals surface area contributed by atoms with Crippen molar-refractivity contribution in [1.82, 2.24) is 5.32 Å². The zero-order valence-electron chi connectivity index (χ0n) is 14.8. The van der Waals surface area contributed by atoms with Crippen molar-refractivity contribution < 1.29 is 0 Å². The van der Waals surface area contributed by atoms with Crippen LogP contribution in [0.3, 0.4) is 0 Å². The van der Waals surface area contributed by atoms with Gasteiger partial charge in [0.25, 0.3) is 0 Å². The number of benzene rings is 2. The molecule has 0 saturated carbocycles. The third-order valence-electron chi connectivity index (χ3n) is 5.79. The zero-order chi connectivity index (χ0) is 17.1. The Morgan fingerprint density at radius 2 is 1.52 bits per heavy atom. The molecule has 0 bridgehead atoms. The number of nitrogens with zero attached hydrogens (tertiary/aromatic N) is 1. The van der Waals surface area contributed by atoms with Gasteiger partial charge in [0, 0.05) is 35.7 Å². The molecule has 3 heteroatoms. The molecule has 2 heterocycles. The summed E-state index contributed by atoms with van der Waals surface area (Å²) in [5, 5.41) is 3.53. The van der Waals surface area contributed by atoms with Crippen molar-refractivity contribution in [3.05, 3.63) is 64.1 Å². The molecular formula is C22H27BrN2. The van der Waals surface area contributed by atoms with E-state index in [4.69, 9.17) is 0 Å².